The zero-order valence-electron chi connectivity index (χ0n) is 13.9. The number of hydrogen-bond acceptors (Lipinski definition) is 3. The van der Waals surface area contributed by atoms with Crippen molar-refractivity contribution in [3.05, 3.63) is 60.3 Å². The second-order valence-corrected chi connectivity index (χ2v) is 6.88. The van der Waals surface area contributed by atoms with Crippen molar-refractivity contribution < 1.29 is 22.1 Å². The zero-order valence-corrected chi connectivity index (χ0v) is 14.8. The van der Waals surface area contributed by atoms with Crippen molar-refractivity contribution in [2.45, 2.75) is 11.1 Å². The molecule has 0 fully saturated rings. The van der Waals surface area contributed by atoms with E-state index in [-0.39, 0.29) is 5.69 Å². The highest BCUT2D eigenvalue weighted by Crippen LogP contribution is 2.33. The van der Waals surface area contributed by atoms with Crippen molar-refractivity contribution in [1.29, 1.82) is 0 Å². The molecule has 4 nitrogen and oxygen atoms in total. The molecule has 1 atom stereocenters. The van der Waals surface area contributed by atoms with E-state index in [1.165, 1.54) is 18.0 Å². The first-order chi connectivity index (χ1) is 12.3. The Balaban J connectivity index is 2.16. The SMILES string of the molecule is COc1cccc(-n2nc(C(F)(F)F)cc2-c2ccc(S(C)=O)cc2)c1. The third-order valence-corrected chi connectivity index (χ3v) is 4.72. The molecule has 0 bridgehead atoms. The molecule has 0 radical (unpaired) electrons. The van der Waals surface area contributed by atoms with Crippen molar-refractivity contribution in [3.8, 4) is 22.7 Å². The van der Waals surface area contributed by atoms with Crippen LogP contribution in [0.5, 0.6) is 5.75 Å². The standard InChI is InChI=1S/C18H15F3N2O2S/c1-25-14-5-3-4-13(10-14)23-16(11-17(22-23)18(19,20)21)12-6-8-15(9-7-12)26(2)24/h3-11H,1-2H3. The summed E-state index contributed by atoms with van der Waals surface area (Å²) in [5.74, 6) is 0.509. The summed E-state index contributed by atoms with van der Waals surface area (Å²) in [7, 11) is 0.313. The lowest BCUT2D eigenvalue weighted by Crippen LogP contribution is -2.07. The second kappa shape index (κ2) is 6.95. The van der Waals surface area contributed by atoms with E-state index in [4.69, 9.17) is 4.74 Å². The molecule has 0 saturated heterocycles. The van der Waals surface area contributed by atoms with Gasteiger partial charge in [-0.1, -0.05) is 18.2 Å². The average molecular weight is 380 g/mol. The minimum Gasteiger partial charge on any atom is -0.497 e. The molecular weight excluding hydrogens is 365 g/mol. The highest BCUT2D eigenvalue weighted by atomic mass is 32.2. The molecule has 136 valence electrons. The monoisotopic (exact) mass is 380 g/mol. The number of methoxy groups -OCH3 is 1. The van der Waals surface area contributed by atoms with Crippen LogP contribution < -0.4 is 4.74 Å². The molecule has 0 spiro atoms. The highest BCUT2D eigenvalue weighted by Gasteiger charge is 2.35. The first kappa shape index (κ1) is 18.2. The van der Waals surface area contributed by atoms with Gasteiger partial charge in [0.15, 0.2) is 5.69 Å². The van der Waals surface area contributed by atoms with Crippen LogP contribution in [0.15, 0.2) is 59.5 Å². The third-order valence-electron chi connectivity index (χ3n) is 3.78. The molecule has 3 rings (SSSR count). The van der Waals surface area contributed by atoms with Crippen LogP contribution in [-0.2, 0) is 17.0 Å². The average Bonchev–Trinajstić information content (AvgIpc) is 3.07. The van der Waals surface area contributed by atoms with Crippen LogP contribution in [0.2, 0.25) is 0 Å². The molecule has 26 heavy (non-hydrogen) atoms. The van der Waals surface area contributed by atoms with E-state index in [0.717, 1.165) is 6.07 Å². The van der Waals surface area contributed by atoms with Gasteiger partial charge in [-0.3, -0.25) is 4.21 Å². The minimum absolute atomic E-state index is 0.277. The van der Waals surface area contributed by atoms with Gasteiger partial charge in [0.2, 0.25) is 0 Å². The van der Waals surface area contributed by atoms with E-state index >= 15 is 0 Å². The molecule has 0 aliphatic rings. The molecule has 2 aromatic carbocycles. The summed E-state index contributed by atoms with van der Waals surface area (Å²) in [4.78, 5) is 0.595. The van der Waals surface area contributed by atoms with Gasteiger partial charge in [-0.15, -0.1) is 0 Å². The van der Waals surface area contributed by atoms with Gasteiger partial charge in [0.25, 0.3) is 0 Å². The van der Waals surface area contributed by atoms with Crippen LogP contribution in [0, 0.1) is 0 Å². The van der Waals surface area contributed by atoms with Gasteiger partial charge in [-0.05, 0) is 30.3 Å². The minimum atomic E-state index is -4.57. The van der Waals surface area contributed by atoms with Crippen molar-refractivity contribution in [3.63, 3.8) is 0 Å². The summed E-state index contributed by atoms with van der Waals surface area (Å²) >= 11 is 0. The molecule has 1 unspecified atom stereocenters. The first-order valence-corrected chi connectivity index (χ1v) is 9.11. The van der Waals surface area contributed by atoms with Crippen LogP contribution in [0.1, 0.15) is 5.69 Å². The number of hydrogen-bond donors (Lipinski definition) is 0. The maximum Gasteiger partial charge on any atom is 0.435 e. The quantitative estimate of drug-likeness (QED) is 0.678. The number of alkyl halides is 3. The van der Waals surface area contributed by atoms with Crippen molar-refractivity contribution in [2.75, 3.05) is 13.4 Å². The Morgan fingerprint density at radius 2 is 1.77 bits per heavy atom. The summed E-state index contributed by atoms with van der Waals surface area (Å²) in [6.07, 6.45) is -3.03. The van der Waals surface area contributed by atoms with E-state index in [9.17, 15) is 17.4 Å². The number of ether oxygens (including phenoxy) is 1. The van der Waals surface area contributed by atoms with Crippen LogP contribution >= 0.6 is 0 Å². The fourth-order valence-corrected chi connectivity index (χ4v) is 3.00. The molecule has 3 aromatic rings. The molecular formula is C18H15F3N2O2S. The van der Waals surface area contributed by atoms with Gasteiger partial charge >= 0.3 is 6.18 Å². The molecule has 0 aliphatic heterocycles. The van der Waals surface area contributed by atoms with Gasteiger partial charge in [0.1, 0.15) is 5.75 Å². The van der Waals surface area contributed by atoms with Gasteiger partial charge in [-0.2, -0.15) is 18.3 Å². The van der Waals surface area contributed by atoms with Gasteiger partial charge in [0, 0.05) is 33.6 Å². The largest absolute Gasteiger partial charge is 0.497 e. The molecule has 0 aliphatic carbocycles. The maximum atomic E-state index is 13.2. The van der Waals surface area contributed by atoms with Gasteiger partial charge < -0.3 is 4.74 Å². The molecule has 1 aromatic heterocycles. The second-order valence-electron chi connectivity index (χ2n) is 5.50. The van der Waals surface area contributed by atoms with Crippen LogP contribution in [0.3, 0.4) is 0 Å². The van der Waals surface area contributed by atoms with Crippen LogP contribution in [-0.4, -0.2) is 27.4 Å². The van der Waals surface area contributed by atoms with E-state index in [0.29, 0.717) is 21.9 Å². The Hall–Kier alpha value is -2.61. The normalized spacial score (nSPS) is 12.8. The Morgan fingerprint density at radius 3 is 2.35 bits per heavy atom. The highest BCUT2D eigenvalue weighted by molar-refractivity contribution is 7.84. The summed E-state index contributed by atoms with van der Waals surface area (Å²) < 4.78 is 57.4. The number of halogens is 3. The third kappa shape index (κ3) is 3.65. The fraction of sp³-hybridized carbons (Fsp3) is 0.167. The van der Waals surface area contributed by atoms with E-state index in [2.05, 4.69) is 5.10 Å². The van der Waals surface area contributed by atoms with E-state index in [1.54, 1.807) is 48.5 Å². The zero-order chi connectivity index (χ0) is 18.9. The lowest BCUT2D eigenvalue weighted by molar-refractivity contribution is -0.141. The molecule has 0 saturated carbocycles. The maximum absolute atomic E-state index is 13.2. The topological polar surface area (TPSA) is 44.1 Å². The van der Waals surface area contributed by atoms with E-state index < -0.39 is 22.7 Å². The fourth-order valence-electron chi connectivity index (χ4n) is 2.48. The molecule has 8 heteroatoms. The molecule has 0 amide bonds. The predicted molar refractivity (Wildman–Crippen MR) is 92.9 cm³/mol. The van der Waals surface area contributed by atoms with Gasteiger partial charge in [0.05, 0.1) is 18.5 Å². The van der Waals surface area contributed by atoms with E-state index in [1.807, 2.05) is 0 Å². The molecule has 0 N–H and O–H groups in total. The number of rotatable bonds is 4. The lowest BCUT2D eigenvalue weighted by atomic mass is 10.1. The van der Waals surface area contributed by atoms with Crippen LogP contribution in [0.4, 0.5) is 13.2 Å². The van der Waals surface area contributed by atoms with Crippen molar-refractivity contribution >= 4 is 10.8 Å². The Bertz CT molecular complexity index is 950. The molecule has 1 heterocycles. The first-order valence-electron chi connectivity index (χ1n) is 7.55. The number of benzene rings is 2. The summed E-state index contributed by atoms with van der Waals surface area (Å²) in [6, 6.07) is 14.1. The summed E-state index contributed by atoms with van der Waals surface area (Å²) in [6.45, 7) is 0. The summed E-state index contributed by atoms with van der Waals surface area (Å²) in [5.41, 5.74) is 0.264. The Kier molecular flexibility index (Phi) is 4.86. The predicted octanol–water partition coefficient (Wildman–Crippen LogP) is 4.30. The number of aromatic nitrogens is 2. The Morgan fingerprint density at radius 1 is 1.08 bits per heavy atom. The Labute approximate surface area is 150 Å². The van der Waals surface area contributed by atoms with Crippen molar-refractivity contribution in [2.24, 2.45) is 0 Å². The van der Waals surface area contributed by atoms with Crippen molar-refractivity contribution in [1.82, 2.24) is 9.78 Å². The smallest absolute Gasteiger partial charge is 0.435 e. The van der Waals surface area contributed by atoms with Gasteiger partial charge in [-0.25, -0.2) is 4.68 Å². The van der Waals surface area contributed by atoms with Crippen LogP contribution in [0.25, 0.3) is 16.9 Å². The lowest BCUT2D eigenvalue weighted by Gasteiger charge is -2.09. The number of nitrogens with zero attached hydrogens (tertiary/aromatic N) is 2. The summed E-state index contributed by atoms with van der Waals surface area (Å²) in [5, 5.41) is 3.74.